The lowest BCUT2D eigenvalue weighted by molar-refractivity contribution is -0.0732. The predicted molar refractivity (Wildman–Crippen MR) is 99.0 cm³/mol. The zero-order valence-electron chi connectivity index (χ0n) is 14.7. The third-order valence-electron chi connectivity index (χ3n) is 5.26. The molecule has 5 heteroatoms. The molecule has 1 saturated heterocycles. The van der Waals surface area contributed by atoms with Crippen LogP contribution in [0.5, 0.6) is 0 Å². The number of hydrogen-bond acceptors (Lipinski definition) is 3. The van der Waals surface area contributed by atoms with Crippen LogP contribution in [0.2, 0.25) is 5.02 Å². The molecule has 26 heavy (non-hydrogen) atoms. The molecule has 1 aliphatic rings. The molecular formula is C21H22ClFO3. The molecule has 0 radical (unpaired) electrons. The van der Waals surface area contributed by atoms with E-state index in [-0.39, 0.29) is 11.5 Å². The zero-order chi connectivity index (χ0) is 18.7. The largest absolute Gasteiger partial charge is 0.385 e. The summed E-state index contributed by atoms with van der Waals surface area (Å²) < 4.78 is 20.1. The van der Waals surface area contributed by atoms with Crippen molar-refractivity contribution < 1.29 is 19.0 Å². The van der Waals surface area contributed by atoms with Crippen LogP contribution in [0.3, 0.4) is 0 Å². The van der Waals surface area contributed by atoms with Crippen molar-refractivity contribution in [1.82, 2.24) is 0 Å². The summed E-state index contributed by atoms with van der Waals surface area (Å²) in [5, 5.41) is 11.7. The SMILES string of the molecule is CCC(O)(c1ccc(C(=O)c2ccc(Cl)cc2)c(F)c1)C1CCOCC1. The molecule has 1 N–H and O–H groups in total. The molecule has 1 atom stereocenters. The smallest absolute Gasteiger partial charge is 0.195 e. The van der Waals surface area contributed by atoms with Gasteiger partial charge in [0.15, 0.2) is 5.78 Å². The topological polar surface area (TPSA) is 46.5 Å². The van der Waals surface area contributed by atoms with Crippen LogP contribution < -0.4 is 0 Å². The minimum Gasteiger partial charge on any atom is -0.385 e. The van der Waals surface area contributed by atoms with E-state index >= 15 is 0 Å². The highest BCUT2D eigenvalue weighted by Crippen LogP contribution is 2.39. The van der Waals surface area contributed by atoms with Gasteiger partial charge in [-0.2, -0.15) is 0 Å². The maximum absolute atomic E-state index is 14.7. The summed E-state index contributed by atoms with van der Waals surface area (Å²) in [6.45, 7) is 3.09. The standard InChI is InChI=1S/C21H22ClFO3/c1-2-21(25,15-9-11-26-12-10-15)16-5-8-18(19(23)13-16)20(24)14-3-6-17(22)7-4-14/h3-8,13,15,25H,2,9-12H2,1H3. The quantitative estimate of drug-likeness (QED) is 0.767. The average molecular weight is 377 g/mol. The van der Waals surface area contributed by atoms with Crippen molar-refractivity contribution in [2.45, 2.75) is 31.8 Å². The van der Waals surface area contributed by atoms with Crippen LogP contribution in [0.4, 0.5) is 4.39 Å². The number of carbonyl (C=O) groups excluding carboxylic acids is 1. The zero-order valence-corrected chi connectivity index (χ0v) is 15.4. The second-order valence-electron chi connectivity index (χ2n) is 6.70. The number of rotatable bonds is 5. The summed E-state index contributed by atoms with van der Waals surface area (Å²) in [7, 11) is 0. The molecular weight excluding hydrogens is 355 g/mol. The van der Waals surface area contributed by atoms with Crippen LogP contribution in [-0.2, 0) is 10.3 Å². The minimum absolute atomic E-state index is 0.0125. The number of hydrogen-bond donors (Lipinski definition) is 1. The molecule has 0 aromatic heterocycles. The van der Waals surface area contributed by atoms with Gasteiger partial charge in [-0.25, -0.2) is 4.39 Å². The summed E-state index contributed by atoms with van der Waals surface area (Å²) in [5.41, 5.74) is -0.248. The summed E-state index contributed by atoms with van der Waals surface area (Å²) in [4.78, 5) is 12.5. The first-order valence-corrected chi connectivity index (χ1v) is 9.24. The van der Waals surface area contributed by atoms with Gasteiger partial charge in [-0.15, -0.1) is 0 Å². The highest BCUT2D eigenvalue weighted by Gasteiger charge is 2.38. The maximum atomic E-state index is 14.7. The molecule has 0 saturated carbocycles. The van der Waals surface area contributed by atoms with Crippen molar-refractivity contribution in [3.63, 3.8) is 0 Å². The van der Waals surface area contributed by atoms with Gasteiger partial charge in [0.2, 0.25) is 0 Å². The lowest BCUT2D eigenvalue weighted by atomic mass is 9.75. The first-order valence-electron chi connectivity index (χ1n) is 8.86. The van der Waals surface area contributed by atoms with E-state index in [1.54, 1.807) is 30.3 Å². The summed E-state index contributed by atoms with van der Waals surface area (Å²) in [6.07, 6.45) is 1.94. The molecule has 0 spiro atoms. The van der Waals surface area contributed by atoms with Crippen molar-refractivity contribution >= 4 is 17.4 Å². The summed E-state index contributed by atoms with van der Waals surface area (Å²) >= 11 is 5.83. The van der Waals surface area contributed by atoms with Gasteiger partial charge in [-0.3, -0.25) is 4.79 Å². The van der Waals surface area contributed by atoms with Crippen LogP contribution in [0.1, 0.15) is 47.7 Å². The fourth-order valence-electron chi connectivity index (χ4n) is 3.63. The van der Waals surface area contributed by atoms with Crippen LogP contribution in [0.15, 0.2) is 42.5 Å². The van der Waals surface area contributed by atoms with E-state index in [4.69, 9.17) is 16.3 Å². The molecule has 0 bridgehead atoms. The van der Waals surface area contributed by atoms with Gasteiger partial charge in [0.05, 0.1) is 11.2 Å². The Bertz CT molecular complexity index is 784. The number of halogens is 2. The predicted octanol–water partition coefficient (Wildman–Crippen LogP) is 4.73. The van der Waals surface area contributed by atoms with Crippen LogP contribution in [0.25, 0.3) is 0 Å². The summed E-state index contributed by atoms with van der Waals surface area (Å²) in [6, 6.07) is 10.8. The molecule has 0 aliphatic carbocycles. The van der Waals surface area contributed by atoms with Gasteiger partial charge in [-0.1, -0.05) is 24.6 Å². The number of benzene rings is 2. The lowest BCUT2D eigenvalue weighted by Crippen LogP contribution is -2.38. The maximum Gasteiger partial charge on any atom is 0.195 e. The van der Waals surface area contributed by atoms with Crippen molar-refractivity contribution in [1.29, 1.82) is 0 Å². The van der Waals surface area contributed by atoms with Crippen LogP contribution in [0, 0.1) is 11.7 Å². The Balaban J connectivity index is 1.90. The average Bonchev–Trinajstić information content (AvgIpc) is 2.68. The Hall–Kier alpha value is -1.75. The molecule has 0 amide bonds. The van der Waals surface area contributed by atoms with Gasteiger partial charge in [0.25, 0.3) is 0 Å². The molecule has 138 valence electrons. The minimum atomic E-state index is -1.12. The molecule has 1 heterocycles. The van der Waals surface area contributed by atoms with Crippen LogP contribution >= 0.6 is 11.6 Å². The fourth-order valence-corrected chi connectivity index (χ4v) is 3.75. The van der Waals surface area contributed by atoms with Crippen molar-refractivity contribution in [3.05, 3.63) is 70.0 Å². The first-order chi connectivity index (χ1) is 12.5. The Morgan fingerprint density at radius 1 is 1.23 bits per heavy atom. The Kier molecular flexibility index (Phi) is 5.76. The van der Waals surface area contributed by atoms with Gasteiger partial charge in [-0.05, 0) is 67.1 Å². The van der Waals surface area contributed by atoms with Crippen molar-refractivity contribution in [2.75, 3.05) is 13.2 Å². The third-order valence-corrected chi connectivity index (χ3v) is 5.51. The van der Waals surface area contributed by atoms with E-state index in [9.17, 15) is 14.3 Å². The molecule has 2 aromatic carbocycles. The normalized spacial score (nSPS) is 17.7. The number of ether oxygens (including phenoxy) is 1. The molecule has 3 nitrogen and oxygen atoms in total. The molecule has 1 fully saturated rings. The van der Waals surface area contributed by atoms with Gasteiger partial charge >= 0.3 is 0 Å². The number of ketones is 1. The molecule has 3 rings (SSSR count). The van der Waals surface area contributed by atoms with E-state index in [2.05, 4.69) is 0 Å². The lowest BCUT2D eigenvalue weighted by Gasteiger charge is -2.38. The molecule has 1 unspecified atom stereocenters. The fraction of sp³-hybridized carbons (Fsp3) is 0.381. The van der Waals surface area contributed by atoms with E-state index in [1.807, 2.05) is 6.92 Å². The van der Waals surface area contributed by atoms with E-state index in [1.165, 1.54) is 12.1 Å². The van der Waals surface area contributed by atoms with Gasteiger partial charge < -0.3 is 9.84 Å². The van der Waals surface area contributed by atoms with E-state index in [0.717, 1.165) is 12.8 Å². The van der Waals surface area contributed by atoms with Gasteiger partial charge in [0.1, 0.15) is 5.82 Å². The Morgan fingerprint density at radius 2 is 1.88 bits per heavy atom. The van der Waals surface area contributed by atoms with Crippen LogP contribution in [-0.4, -0.2) is 24.1 Å². The third kappa shape index (κ3) is 3.68. The summed E-state index contributed by atoms with van der Waals surface area (Å²) in [5.74, 6) is -1.02. The number of aliphatic hydroxyl groups is 1. The second kappa shape index (κ2) is 7.87. The Morgan fingerprint density at radius 3 is 2.46 bits per heavy atom. The highest BCUT2D eigenvalue weighted by molar-refractivity contribution is 6.30. The second-order valence-corrected chi connectivity index (χ2v) is 7.13. The molecule has 1 aliphatic heterocycles. The first kappa shape index (κ1) is 19.0. The van der Waals surface area contributed by atoms with E-state index < -0.39 is 17.2 Å². The molecule has 2 aromatic rings. The van der Waals surface area contributed by atoms with E-state index in [0.29, 0.717) is 35.8 Å². The van der Waals surface area contributed by atoms with Crippen molar-refractivity contribution in [3.8, 4) is 0 Å². The highest BCUT2D eigenvalue weighted by atomic mass is 35.5. The van der Waals surface area contributed by atoms with Gasteiger partial charge in [0, 0.05) is 23.8 Å². The number of carbonyl (C=O) groups is 1. The van der Waals surface area contributed by atoms with Crippen molar-refractivity contribution in [2.24, 2.45) is 5.92 Å². The Labute approximate surface area is 157 Å². The monoisotopic (exact) mass is 376 g/mol.